The zero-order valence-electron chi connectivity index (χ0n) is 16.4. The maximum Gasteiger partial charge on any atom is 0.255 e. The SMILES string of the molecule is COc1cc(C(=O)c2c(OCC(N)=O)ccc3ccccc23)cc(OC)c1OC. The van der Waals surface area contributed by atoms with Crippen molar-refractivity contribution in [3.8, 4) is 23.0 Å². The second-order valence-corrected chi connectivity index (χ2v) is 6.16. The van der Waals surface area contributed by atoms with Crippen LogP contribution in [0.25, 0.3) is 10.8 Å². The Balaban J connectivity index is 2.20. The van der Waals surface area contributed by atoms with Crippen LogP contribution in [0.1, 0.15) is 15.9 Å². The summed E-state index contributed by atoms with van der Waals surface area (Å²) in [5, 5.41) is 1.54. The van der Waals surface area contributed by atoms with Crippen molar-refractivity contribution in [2.45, 2.75) is 0 Å². The van der Waals surface area contributed by atoms with E-state index < -0.39 is 5.91 Å². The van der Waals surface area contributed by atoms with E-state index in [9.17, 15) is 9.59 Å². The molecule has 0 unspecified atom stereocenters. The molecule has 7 heteroatoms. The van der Waals surface area contributed by atoms with Gasteiger partial charge in [0.2, 0.25) is 5.75 Å². The monoisotopic (exact) mass is 395 g/mol. The molecule has 3 aromatic rings. The number of amides is 1. The molecule has 0 aliphatic heterocycles. The number of ether oxygens (including phenoxy) is 4. The molecule has 0 aliphatic carbocycles. The molecule has 0 radical (unpaired) electrons. The predicted molar refractivity (Wildman–Crippen MR) is 108 cm³/mol. The number of primary amides is 1. The van der Waals surface area contributed by atoms with Crippen molar-refractivity contribution in [3.05, 3.63) is 59.7 Å². The fraction of sp³-hybridized carbons (Fsp3) is 0.182. The molecule has 0 atom stereocenters. The lowest BCUT2D eigenvalue weighted by Crippen LogP contribution is -2.21. The lowest BCUT2D eigenvalue weighted by atomic mass is 9.95. The number of nitrogens with two attached hydrogens (primary N) is 1. The summed E-state index contributed by atoms with van der Waals surface area (Å²) in [5.41, 5.74) is 5.84. The first-order chi connectivity index (χ1) is 14.0. The first kappa shape index (κ1) is 20.0. The number of hydrogen-bond donors (Lipinski definition) is 1. The van der Waals surface area contributed by atoms with E-state index in [4.69, 9.17) is 24.7 Å². The highest BCUT2D eigenvalue weighted by Gasteiger charge is 2.23. The summed E-state index contributed by atoms with van der Waals surface area (Å²) in [5.74, 6) is 0.408. The molecule has 0 saturated carbocycles. The van der Waals surface area contributed by atoms with Crippen molar-refractivity contribution in [2.75, 3.05) is 27.9 Å². The molecule has 150 valence electrons. The van der Waals surface area contributed by atoms with Gasteiger partial charge >= 0.3 is 0 Å². The normalized spacial score (nSPS) is 10.4. The third kappa shape index (κ3) is 3.94. The highest BCUT2D eigenvalue weighted by Crippen LogP contribution is 2.40. The molecule has 0 spiro atoms. The summed E-state index contributed by atoms with van der Waals surface area (Å²) in [6.07, 6.45) is 0. The lowest BCUT2D eigenvalue weighted by molar-refractivity contribution is -0.119. The molecule has 0 aromatic heterocycles. The first-order valence-corrected chi connectivity index (χ1v) is 8.77. The molecular formula is C22H21NO6. The number of benzene rings is 3. The van der Waals surface area contributed by atoms with Crippen LogP contribution in [0.15, 0.2) is 48.5 Å². The van der Waals surface area contributed by atoms with Crippen LogP contribution in [0.3, 0.4) is 0 Å². The van der Waals surface area contributed by atoms with E-state index in [-0.39, 0.29) is 18.1 Å². The Bertz CT molecular complexity index is 1050. The van der Waals surface area contributed by atoms with Gasteiger partial charge in [-0.25, -0.2) is 0 Å². The van der Waals surface area contributed by atoms with Gasteiger partial charge in [-0.1, -0.05) is 30.3 Å². The average Bonchev–Trinajstić information content (AvgIpc) is 2.75. The van der Waals surface area contributed by atoms with Gasteiger partial charge in [0.05, 0.1) is 26.9 Å². The van der Waals surface area contributed by atoms with E-state index in [1.54, 1.807) is 18.2 Å². The Morgan fingerprint density at radius 1 is 0.862 bits per heavy atom. The van der Waals surface area contributed by atoms with Gasteiger partial charge in [-0.05, 0) is 29.0 Å². The molecule has 2 N–H and O–H groups in total. The molecule has 29 heavy (non-hydrogen) atoms. The largest absolute Gasteiger partial charge is 0.493 e. The van der Waals surface area contributed by atoms with Crippen LogP contribution in [0, 0.1) is 0 Å². The molecule has 7 nitrogen and oxygen atoms in total. The summed E-state index contributed by atoms with van der Waals surface area (Å²) in [6, 6.07) is 14.0. The zero-order chi connectivity index (χ0) is 21.0. The second kappa shape index (κ2) is 8.52. The number of fused-ring (bicyclic) bond motifs is 1. The molecule has 0 fully saturated rings. The third-order valence-corrected chi connectivity index (χ3v) is 4.41. The van der Waals surface area contributed by atoms with Crippen LogP contribution in [0.4, 0.5) is 0 Å². The van der Waals surface area contributed by atoms with Crippen molar-refractivity contribution in [1.82, 2.24) is 0 Å². The fourth-order valence-electron chi connectivity index (χ4n) is 3.11. The first-order valence-electron chi connectivity index (χ1n) is 8.77. The van der Waals surface area contributed by atoms with Crippen LogP contribution >= 0.6 is 0 Å². The number of rotatable bonds is 8. The molecule has 0 saturated heterocycles. The summed E-state index contributed by atoms with van der Waals surface area (Å²) in [7, 11) is 4.44. The molecule has 3 aromatic carbocycles. The molecule has 0 heterocycles. The number of ketones is 1. The predicted octanol–water partition coefficient (Wildman–Crippen LogP) is 2.96. The molecule has 0 aliphatic rings. The summed E-state index contributed by atoms with van der Waals surface area (Å²) < 4.78 is 21.5. The number of carbonyl (C=O) groups excluding carboxylic acids is 2. The van der Waals surface area contributed by atoms with Crippen LogP contribution < -0.4 is 24.7 Å². The third-order valence-electron chi connectivity index (χ3n) is 4.41. The topological polar surface area (TPSA) is 97.1 Å². The number of carbonyl (C=O) groups is 2. The Labute approximate surface area is 167 Å². The minimum atomic E-state index is -0.635. The minimum absolute atomic E-state index is 0.265. The Kier molecular flexibility index (Phi) is 5.87. The average molecular weight is 395 g/mol. The van der Waals surface area contributed by atoms with Gasteiger partial charge in [-0.2, -0.15) is 0 Å². The molecule has 3 rings (SSSR count). The number of hydrogen-bond acceptors (Lipinski definition) is 6. The second-order valence-electron chi connectivity index (χ2n) is 6.16. The van der Waals surface area contributed by atoms with Crippen LogP contribution in [0.2, 0.25) is 0 Å². The smallest absolute Gasteiger partial charge is 0.255 e. The summed E-state index contributed by atoms with van der Waals surface area (Å²) in [6.45, 7) is -0.339. The van der Waals surface area contributed by atoms with Gasteiger partial charge < -0.3 is 24.7 Å². The van der Waals surface area contributed by atoms with E-state index >= 15 is 0 Å². The quantitative estimate of drug-likeness (QED) is 0.589. The highest BCUT2D eigenvalue weighted by atomic mass is 16.5. The van der Waals surface area contributed by atoms with Gasteiger partial charge in [0.25, 0.3) is 5.91 Å². The zero-order valence-corrected chi connectivity index (χ0v) is 16.4. The van der Waals surface area contributed by atoms with Gasteiger partial charge in [-0.15, -0.1) is 0 Å². The van der Waals surface area contributed by atoms with E-state index in [1.807, 2.05) is 30.3 Å². The van der Waals surface area contributed by atoms with Crippen LogP contribution in [-0.2, 0) is 4.79 Å². The summed E-state index contributed by atoms with van der Waals surface area (Å²) in [4.78, 5) is 24.7. The van der Waals surface area contributed by atoms with Gasteiger partial charge in [0, 0.05) is 5.56 Å². The van der Waals surface area contributed by atoms with Crippen molar-refractivity contribution in [2.24, 2.45) is 5.73 Å². The van der Waals surface area contributed by atoms with Gasteiger partial charge in [-0.3, -0.25) is 9.59 Å². The fourth-order valence-corrected chi connectivity index (χ4v) is 3.11. The van der Waals surface area contributed by atoms with Crippen molar-refractivity contribution in [3.63, 3.8) is 0 Å². The maximum absolute atomic E-state index is 13.5. The van der Waals surface area contributed by atoms with E-state index in [0.717, 1.165) is 5.39 Å². The maximum atomic E-state index is 13.5. The molecule has 1 amide bonds. The highest BCUT2D eigenvalue weighted by molar-refractivity contribution is 6.18. The Morgan fingerprint density at radius 3 is 2.10 bits per heavy atom. The Morgan fingerprint density at radius 2 is 1.52 bits per heavy atom. The van der Waals surface area contributed by atoms with Crippen LogP contribution in [0.5, 0.6) is 23.0 Å². The Hall–Kier alpha value is -3.74. The van der Waals surface area contributed by atoms with E-state index in [0.29, 0.717) is 33.8 Å². The van der Waals surface area contributed by atoms with E-state index in [1.165, 1.54) is 21.3 Å². The molecule has 0 bridgehead atoms. The van der Waals surface area contributed by atoms with Crippen molar-refractivity contribution >= 4 is 22.5 Å². The standard InChI is InChI=1S/C22H21NO6/c1-26-17-10-14(11-18(27-2)22(17)28-3)21(25)20-15-7-5-4-6-13(15)8-9-16(20)29-12-19(23)24/h4-11H,12H2,1-3H3,(H2,23,24). The van der Waals surface area contributed by atoms with Crippen molar-refractivity contribution in [1.29, 1.82) is 0 Å². The van der Waals surface area contributed by atoms with Crippen LogP contribution in [-0.4, -0.2) is 39.6 Å². The number of methoxy groups -OCH3 is 3. The van der Waals surface area contributed by atoms with Gasteiger partial charge in [0.15, 0.2) is 23.9 Å². The van der Waals surface area contributed by atoms with E-state index in [2.05, 4.69) is 0 Å². The minimum Gasteiger partial charge on any atom is -0.493 e. The lowest BCUT2D eigenvalue weighted by Gasteiger charge is -2.16. The van der Waals surface area contributed by atoms with Crippen molar-refractivity contribution < 1.29 is 28.5 Å². The molecular weight excluding hydrogens is 374 g/mol. The van der Waals surface area contributed by atoms with Gasteiger partial charge in [0.1, 0.15) is 5.75 Å². The summed E-state index contributed by atoms with van der Waals surface area (Å²) >= 11 is 0.